The molecule has 0 aliphatic carbocycles. The van der Waals surface area contributed by atoms with Crippen LogP contribution in [0, 0.1) is 17.1 Å². The van der Waals surface area contributed by atoms with E-state index in [4.69, 9.17) is 4.42 Å². The van der Waals surface area contributed by atoms with Crippen LogP contribution < -0.4 is 0 Å². The maximum absolute atomic E-state index is 13.4. The smallest absolute Gasteiger partial charge is 0.417 e. The summed E-state index contributed by atoms with van der Waals surface area (Å²) >= 11 is 0.975. The lowest BCUT2D eigenvalue weighted by molar-refractivity contribution is -0.138. The molecule has 0 saturated heterocycles. The van der Waals surface area contributed by atoms with Crippen molar-refractivity contribution in [3.63, 3.8) is 0 Å². The monoisotopic (exact) mass is 378 g/mol. The van der Waals surface area contributed by atoms with Gasteiger partial charge in [0, 0.05) is 5.75 Å². The second-order valence-electron chi connectivity index (χ2n) is 5.24. The Labute approximate surface area is 150 Å². The summed E-state index contributed by atoms with van der Waals surface area (Å²) < 4.78 is 58.2. The minimum absolute atomic E-state index is 0.0112. The lowest BCUT2D eigenvalue weighted by Crippen LogP contribution is -2.10. The van der Waals surface area contributed by atoms with Crippen LogP contribution in [0.1, 0.15) is 16.7 Å². The Morgan fingerprint density at radius 1 is 1.15 bits per heavy atom. The molecule has 2 heterocycles. The molecule has 0 amide bonds. The molecule has 0 saturated carbocycles. The number of hydrogen-bond acceptors (Lipinski definition) is 4. The minimum Gasteiger partial charge on any atom is -0.463 e. The van der Waals surface area contributed by atoms with Crippen LogP contribution in [0.3, 0.4) is 0 Å². The number of pyridine rings is 1. The normalized spacial score (nSPS) is 11.3. The van der Waals surface area contributed by atoms with Gasteiger partial charge >= 0.3 is 6.18 Å². The first-order valence-electron chi connectivity index (χ1n) is 7.32. The van der Waals surface area contributed by atoms with Gasteiger partial charge in [0.1, 0.15) is 22.6 Å². The van der Waals surface area contributed by atoms with Crippen molar-refractivity contribution in [3.05, 3.63) is 71.2 Å². The van der Waals surface area contributed by atoms with E-state index in [1.54, 1.807) is 6.07 Å². The van der Waals surface area contributed by atoms with Gasteiger partial charge in [-0.15, -0.1) is 11.8 Å². The summed E-state index contributed by atoms with van der Waals surface area (Å²) in [6.07, 6.45) is -3.38. The van der Waals surface area contributed by atoms with E-state index in [1.807, 2.05) is 0 Å². The van der Waals surface area contributed by atoms with Crippen molar-refractivity contribution in [3.8, 4) is 17.5 Å². The Kier molecular flexibility index (Phi) is 5.00. The van der Waals surface area contributed by atoms with Gasteiger partial charge in [-0.25, -0.2) is 9.37 Å². The van der Waals surface area contributed by atoms with E-state index in [1.165, 1.54) is 42.7 Å². The number of hydrogen-bond donors (Lipinski definition) is 0. The number of nitrogens with zero attached hydrogens (tertiary/aromatic N) is 2. The van der Waals surface area contributed by atoms with Crippen molar-refractivity contribution < 1.29 is 22.0 Å². The molecule has 0 atom stereocenters. The van der Waals surface area contributed by atoms with Gasteiger partial charge in [-0.3, -0.25) is 0 Å². The highest BCUT2D eigenvalue weighted by molar-refractivity contribution is 7.98. The van der Waals surface area contributed by atoms with E-state index < -0.39 is 23.1 Å². The molecule has 8 heteroatoms. The van der Waals surface area contributed by atoms with Crippen molar-refractivity contribution in [1.29, 1.82) is 5.26 Å². The Hall–Kier alpha value is -2.79. The van der Waals surface area contributed by atoms with Gasteiger partial charge in [-0.2, -0.15) is 18.4 Å². The predicted molar refractivity (Wildman–Crippen MR) is 87.6 cm³/mol. The van der Waals surface area contributed by atoms with Gasteiger partial charge in [0.15, 0.2) is 5.76 Å². The molecule has 0 radical (unpaired) electrons. The SMILES string of the molecule is N#Cc1c(C(F)(F)F)cc(-c2ccco2)nc1SCc1ccc(F)cc1. The van der Waals surface area contributed by atoms with E-state index >= 15 is 0 Å². The standard InChI is InChI=1S/C18H10F4N2OS/c19-12-5-3-11(4-6-12)10-26-17-13(9-23)14(18(20,21)22)8-15(24-17)16-2-1-7-25-16/h1-8H,10H2. The molecule has 0 N–H and O–H groups in total. The molecular formula is C18H10F4N2OS. The van der Waals surface area contributed by atoms with Crippen LogP contribution in [0.25, 0.3) is 11.5 Å². The van der Waals surface area contributed by atoms with Crippen molar-refractivity contribution in [2.24, 2.45) is 0 Å². The summed E-state index contributed by atoms with van der Waals surface area (Å²) in [7, 11) is 0. The van der Waals surface area contributed by atoms with Crippen LogP contribution in [-0.4, -0.2) is 4.98 Å². The quantitative estimate of drug-likeness (QED) is 0.434. The summed E-state index contributed by atoms with van der Waals surface area (Å²) in [6.45, 7) is 0. The highest BCUT2D eigenvalue weighted by atomic mass is 32.2. The fourth-order valence-electron chi connectivity index (χ4n) is 2.24. The molecule has 0 spiro atoms. The summed E-state index contributed by atoms with van der Waals surface area (Å²) in [5.74, 6) is -0.00156. The molecule has 0 aliphatic heterocycles. The fourth-order valence-corrected chi connectivity index (χ4v) is 3.20. The molecule has 132 valence electrons. The third kappa shape index (κ3) is 3.89. The van der Waals surface area contributed by atoms with E-state index in [0.717, 1.165) is 17.8 Å². The molecule has 2 aromatic heterocycles. The first kappa shape index (κ1) is 18.0. The third-order valence-corrected chi connectivity index (χ3v) is 4.51. The molecule has 1 aromatic carbocycles. The Morgan fingerprint density at radius 3 is 2.46 bits per heavy atom. The maximum Gasteiger partial charge on any atom is 0.417 e. The lowest BCUT2D eigenvalue weighted by Gasteiger charge is -2.13. The zero-order valence-corrected chi connectivity index (χ0v) is 13.9. The number of alkyl halides is 3. The Bertz CT molecular complexity index is 945. The summed E-state index contributed by atoms with van der Waals surface area (Å²) in [5.41, 5.74) is -0.926. The van der Waals surface area contributed by atoms with Crippen LogP contribution in [0.5, 0.6) is 0 Å². The van der Waals surface area contributed by atoms with E-state index in [0.29, 0.717) is 5.56 Å². The predicted octanol–water partition coefficient (Wildman–Crippen LogP) is 5.66. The highest BCUT2D eigenvalue weighted by Gasteiger charge is 2.36. The largest absolute Gasteiger partial charge is 0.463 e. The zero-order chi connectivity index (χ0) is 18.7. The summed E-state index contributed by atoms with van der Waals surface area (Å²) in [5, 5.41) is 9.18. The molecule has 0 fully saturated rings. The average molecular weight is 378 g/mol. The number of aromatic nitrogens is 1. The first-order chi connectivity index (χ1) is 12.4. The fraction of sp³-hybridized carbons (Fsp3) is 0.111. The second kappa shape index (κ2) is 7.22. The van der Waals surface area contributed by atoms with Gasteiger partial charge in [0.25, 0.3) is 0 Å². The van der Waals surface area contributed by atoms with Crippen molar-refractivity contribution in [2.75, 3.05) is 0 Å². The van der Waals surface area contributed by atoms with Gasteiger partial charge < -0.3 is 4.42 Å². The molecular weight excluding hydrogens is 368 g/mol. The third-order valence-electron chi connectivity index (χ3n) is 3.47. The van der Waals surface area contributed by atoms with Gasteiger partial charge in [-0.1, -0.05) is 12.1 Å². The van der Waals surface area contributed by atoms with Crippen molar-refractivity contribution >= 4 is 11.8 Å². The molecule has 3 nitrogen and oxygen atoms in total. The minimum atomic E-state index is -4.71. The Morgan fingerprint density at radius 2 is 1.88 bits per heavy atom. The van der Waals surface area contributed by atoms with Crippen molar-refractivity contribution in [1.82, 2.24) is 4.98 Å². The molecule has 26 heavy (non-hydrogen) atoms. The number of furan rings is 1. The molecule has 3 aromatic rings. The van der Waals surface area contributed by atoms with Gasteiger partial charge in [0.05, 0.1) is 17.4 Å². The van der Waals surface area contributed by atoms with Gasteiger partial charge in [0.2, 0.25) is 0 Å². The van der Waals surface area contributed by atoms with E-state index in [2.05, 4.69) is 4.98 Å². The maximum atomic E-state index is 13.4. The molecule has 0 aliphatic rings. The number of benzene rings is 1. The van der Waals surface area contributed by atoms with Gasteiger partial charge in [-0.05, 0) is 35.9 Å². The van der Waals surface area contributed by atoms with Crippen LogP contribution >= 0.6 is 11.8 Å². The van der Waals surface area contributed by atoms with E-state index in [9.17, 15) is 22.8 Å². The van der Waals surface area contributed by atoms with Crippen molar-refractivity contribution in [2.45, 2.75) is 17.0 Å². The highest BCUT2D eigenvalue weighted by Crippen LogP contribution is 2.38. The van der Waals surface area contributed by atoms with Crippen LogP contribution in [0.2, 0.25) is 0 Å². The summed E-state index contributed by atoms with van der Waals surface area (Å²) in [4.78, 5) is 4.17. The zero-order valence-electron chi connectivity index (χ0n) is 13.0. The first-order valence-corrected chi connectivity index (χ1v) is 8.30. The number of halogens is 4. The second-order valence-corrected chi connectivity index (χ2v) is 6.20. The van der Waals surface area contributed by atoms with E-state index in [-0.39, 0.29) is 22.2 Å². The number of nitriles is 1. The lowest BCUT2D eigenvalue weighted by atomic mass is 10.1. The summed E-state index contributed by atoms with van der Waals surface area (Å²) in [6, 6.07) is 11.0. The number of thioether (sulfide) groups is 1. The molecule has 0 unspecified atom stereocenters. The average Bonchev–Trinajstić information content (AvgIpc) is 3.14. The molecule has 0 bridgehead atoms. The van der Waals surface area contributed by atoms with Crippen LogP contribution in [-0.2, 0) is 11.9 Å². The van der Waals surface area contributed by atoms with Crippen LogP contribution in [0.15, 0.2) is 58.2 Å². The van der Waals surface area contributed by atoms with Crippen LogP contribution in [0.4, 0.5) is 17.6 Å². The Balaban J connectivity index is 2.03. The number of rotatable bonds is 4. The topological polar surface area (TPSA) is 49.8 Å². The molecule has 3 rings (SSSR count).